The average molecular weight is 475 g/mol. The number of rotatable bonds is 8. The highest BCUT2D eigenvalue weighted by atomic mass is 16.5. The number of hydrogen-bond donors (Lipinski definition) is 3. The number of aromatic carboxylic acids is 1. The molecule has 1 unspecified atom stereocenters. The van der Waals surface area contributed by atoms with Crippen LogP contribution in [0, 0.1) is 0 Å². The van der Waals surface area contributed by atoms with E-state index in [0.717, 1.165) is 22.3 Å². The van der Waals surface area contributed by atoms with Crippen LogP contribution >= 0.6 is 0 Å². The molecular formula is C27H26N2O6. The maximum Gasteiger partial charge on any atom is 0.407 e. The first kappa shape index (κ1) is 23.8. The van der Waals surface area contributed by atoms with Gasteiger partial charge in [-0.1, -0.05) is 48.5 Å². The minimum Gasteiger partial charge on any atom is -0.497 e. The molecule has 35 heavy (non-hydrogen) atoms. The normalized spacial score (nSPS) is 12.7. The van der Waals surface area contributed by atoms with Gasteiger partial charge in [-0.15, -0.1) is 0 Å². The zero-order valence-electron chi connectivity index (χ0n) is 19.4. The molecule has 4 rings (SSSR count). The zero-order chi connectivity index (χ0) is 24.9. The highest BCUT2D eigenvalue weighted by molar-refractivity contribution is 6.01. The van der Waals surface area contributed by atoms with Crippen molar-refractivity contribution in [3.63, 3.8) is 0 Å². The number of hydrogen-bond acceptors (Lipinski definition) is 5. The van der Waals surface area contributed by atoms with Crippen LogP contribution in [0.25, 0.3) is 11.1 Å². The molecule has 0 radical (unpaired) electrons. The number of alkyl carbamates (subject to hydrolysis) is 1. The fourth-order valence-electron chi connectivity index (χ4n) is 4.31. The molecule has 1 aliphatic carbocycles. The second-order valence-corrected chi connectivity index (χ2v) is 8.34. The number of carbonyl (C=O) groups is 3. The number of nitrogens with one attached hydrogen (secondary N) is 2. The molecule has 8 nitrogen and oxygen atoms in total. The minimum atomic E-state index is -1.19. The van der Waals surface area contributed by atoms with Crippen LogP contribution in [-0.4, -0.2) is 42.8 Å². The van der Waals surface area contributed by atoms with E-state index in [9.17, 15) is 19.5 Å². The summed E-state index contributed by atoms with van der Waals surface area (Å²) in [5, 5.41) is 14.6. The second-order valence-electron chi connectivity index (χ2n) is 8.34. The van der Waals surface area contributed by atoms with Crippen LogP contribution in [0.15, 0.2) is 66.7 Å². The summed E-state index contributed by atoms with van der Waals surface area (Å²) < 4.78 is 10.5. The summed E-state index contributed by atoms with van der Waals surface area (Å²) in [5.74, 6) is -1.32. The van der Waals surface area contributed by atoms with Crippen LogP contribution in [0.4, 0.5) is 10.5 Å². The summed E-state index contributed by atoms with van der Waals surface area (Å²) in [6.07, 6.45) is -0.683. The quantitative estimate of drug-likeness (QED) is 0.438. The molecule has 3 aromatic rings. The van der Waals surface area contributed by atoms with Crippen LogP contribution in [0.5, 0.6) is 5.75 Å². The number of amides is 2. The SMILES string of the molecule is COc1ccc(NC(=O)CC(C)NC(=O)OCC2c3ccccc3-c3ccccc32)c(C(=O)O)c1. The Bertz CT molecular complexity index is 1230. The van der Waals surface area contributed by atoms with Gasteiger partial charge in [-0.25, -0.2) is 9.59 Å². The second kappa shape index (κ2) is 10.3. The van der Waals surface area contributed by atoms with Crippen LogP contribution in [0.1, 0.15) is 40.7 Å². The molecule has 0 fully saturated rings. The van der Waals surface area contributed by atoms with E-state index >= 15 is 0 Å². The number of carboxylic acids is 1. The van der Waals surface area contributed by atoms with Gasteiger partial charge in [0.25, 0.3) is 0 Å². The molecule has 0 saturated heterocycles. The fourth-order valence-corrected chi connectivity index (χ4v) is 4.31. The number of ether oxygens (including phenoxy) is 2. The van der Waals surface area contributed by atoms with Crippen molar-refractivity contribution in [1.29, 1.82) is 0 Å². The number of methoxy groups -OCH3 is 1. The molecule has 180 valence electrons. The van der Waals surface area contributed by atoms with Crippen molar-refractivity contribution in [3.8, 4) is 16.9 Å². The lowest BCUT2D eigenvalue weighted by atomic mass is 9.98. The maximum absolute atomic E-state index is 12.4. The Labute approximate surface area is 202 Å². The first-order valence-corrected chi connectivity index (χ1v) is 11.2. The topological polar surface area (TPSA) is 114 Å². The van der Waals surface area contributed by atoms with Crippen molar-refractivity contribution >= 4 is 23.7 Å². The van der Waals surface area contributed by atoms with Gasteiger partial charge in [0.05, 0.1) is 18.4 Å². The third kappa shape index (κ3) is 5.27. The Morgan fingerprint density at radius 1 is 0.971 bits per heavy atom. The van der Waals surface area contributed by atoms with Gasteiger partial charge in [-0.3, -0.25) is 4.79 Å². The standard InChI is InChI=1S/C27H26N2O6/c1-16(13-25(30)29-24-12-11-17(34-2)14-22(24)26(31)32)28-27(33)35-15-23-20-9-5-3-7-18(20)19-8-4-6-10-21(19)23/h3-12,14,16,23H,13,15H2,1-2H3,(H,28,33)(H,29,30)(H,31,32). The fraction of sp³-hybridized carbons (Fsp3) is 0.222. The number of carbonyl (C=O) groups excluding carboxylic acids is 2. The molecule has 0 spiro atoms. The van der Waals surface area contributed by atoms with Crippen molar-refractivity contribution in [2.45, 2.75) is 25.3 Å². The molecule has 1 atom stereocenters. The number of benzene rings is 3. The lowest BCUT2D eigenvalue weighted by Gasteiger charge is -2.17. The summed E-state index contributed by atoms with van der Waals surface area (Å²) in [6, 6.07) is 19.9. The summed E-state index contributed by atoms with van der Waals surface area (Å²) in [4.78, 5) is 36.4. The Kier molecular flexibility index (Phi) is 7.01. The molecule has 3 aromatic carbocycles. The van der Waals surface area contributed by atoms with Crippen molar-refractivity contribution in [2.24, 2.45) is 0 Å². The largest absolute Gasteiger partial charge is 0.497 e. The van der Waals surface area contributed by atoms with E-state index in [2.05, 4.69) is 22.8 Å². The van der Waals surface area contributed by atoms with Gasteiger partial charge in [0.15, 0.2) is 0 Å². The molecule has 1 aliphatic rings. The van der Waals surface area contributed by atoms with E-state index in [1.54, 1.807) is 13.0 Å². The lowest BCUT2D eigenvalue weighted by Crippen LogP contribution is -2.36. The predicted molar refractivity (Wildman–Crippen MR) is 131 cm³/mol. The van der Waals surface area contributed by atoms with Gasteiger partial charge >= 0.3 is 12.1 Å². The van der Waals surface area contributed by atoms with Crippen LogP contribution < -0.4 is 15.4 Å². The van der Waals surface area contributed by atoms with Gasteiger partial charge in [-0.05, 0) is 47.4 Å². The molecular weight excluding hydrogens is 448 g/mol. The summed E-state index contributed by atoms with van der Waals surface area (Å²) in [5.41, 5.74) is 4.57. The number of carboxylic acid groups (broad SMARTS) is 1. The monoisotopic (exact) mass is 474 g/mol. The van der Waals surface area contributed by atoms with E-state index in [0.29, 0.717) is 5.75 Å². The Hall–Kier alpha value is -4.33. The van der Waals surface area contributed by atoms with Crippen molar-refractivity contribution in [3.05, 3.63) is 83.4 Å². The first-order valence-electron chi connectivity index (χ1n) is 11.2. The van der Waals surface area contributed by atoms with Crippen molar-refractivity contribution in [1.82, 2.24) is 5.32 Å². The van der Waals surface area contributed by atoms with Gasteiger partial charge in [0, 0.05) is 18.4 Å². The molecule has 0 bridgehead atoms. The first-order chi connectivity index (χ1) is 16.9. The van der Waals surface area contributed by atoms with E-state index < -0.39 is 24.0 Å². The van der Waals surface area contributed by atoms with E-state index in [-0.39, 0.29) is 30.2 Å². The number of fused-ring (bicyclic) bond motifs is 3. The smallest absolute Gasteiger partial charge is 0.407 e. The molecule has 2 amide bonds. The highest BCUT2D eigenvalue weighted by Crippen LogP contribution is 2.44. The van der Waals surface area contributed by atoms with Crippen molar-refractivity contribution < 1.29 is 29.0 Å². The van der Waals surface area contributed by atoms with E-state index in [4.69, 9.17) is 9.47 Å². The van der Waals surface area contributed by atoms with Crippen LogP contribution in [0.2, 0.25) is 0 Å². The molecule has 0 aromatic heterocycles. The summed E-state index contributed by atoms with van der Waals surface area (Å²) in [6.45, 7) is 1.85. The molecule has 0 heterocycles. The minimum absolute atomic E-state index is 0.0590. The Morgan fingerprint density at radius 3 is 2.20 bits per heavy atom. The van der Waals surface area contributed by atoms with Gasteiger partial charge in [0.2, 0.25) is 5.91 Å². The summed E-state index contributed by atoms with van der Waals surface area (Å²) in [7, 11) is 1.43. The Morgan fingerprint density at radius 2 is 1.60 bits per heavy atom. The Balaban J connectivity index is 1.32. The average Bonchev–Trinajstić information content (AvgIpc) is 3.16. The highest BCUT2D eigenvalue weighted by Gasteiger charge is 2.29. The van der Waals surface area contributed by atoms with Gasteiger partial charge < -0.3 is 25.2 Å². The lowest BCUT2D eigenvalue weighted by molar-refractivity contribution is -0.116. The molecule has 3 N–H and O–H groups in total. The zero-order valence-corrected chi connectivity index (χ0v) is 19.4. The van der Waals surface area contributed by atoms with Gasteiger partial charge in [-0.2, -0.15) is 0 Å². The van der Waals surface area contributed by atoms with Gasteiger partial charge in [0.1, 0.15) is 12.4 Å². The van der Waals surface area contributed by atoms with E-state index in [1.807, 2.05) is 36.4 Å². The molecule has 0 aliphatic heterocycles. The predicted octanol–water partition coefficient (Wildman–Crippen LogP) is 4.65. The van der Waals surface area contributed by atoms with E-state index in [1.165, 1.54) is 19.2 Å². The third-order valence-corrected chi connectivity index (χ3v) is 5.93. The molecule has 0 saturated carbocycles. The maximum atomic E-state index is 12.4. The van der Waals surface area contributed by atoms with Crippen LogP contribution in [-0.2, 0) is 9.53 Å². The van der Waals surface area contributed by atoms with Crippen LogP contribution in [0.3, 0.4) is 0 Å². The summed E-state index contributed by atoms with van der Waals surface area (Å²) >= 11 is 0. The van der Waals surface area contributed by atoms with Crippen molar-refractivity contribution in [2.75, 3.05) is 19.0 Å². The molecule has 8 heteroatoms. The number of anilines is 1. The third-order valence-electron chi connectivity index (χ3n) is 5.93.